The third-order valence-corrected chi connectivity index (χ3v) is 5.65. The van der Waals surface area contributed by atoms with Crippen LogP contribution >= 0.6 is 15.9 Å². The predicted molar refractivity (Wildman–Crippen MR) is 97.8 cm³/mol. The lowest BCUT2D eigenvalue weighted by molar-refractivity contribution is -0.151. The van der Waals surface area contributed by atoms with Gasteiger partial charge < -0.3 is 15.1 Å². The molecule has 2 fully saturated rings. The zero-order valence-corrected chi connectivity index (χ0v) is 15.3. The second-order valence-electron chi connectivity index (χ2n) is 6.66. The number of fused-ring (bicyclic) bond motifs is 3. The quantitative estimate of drug-likeness (QED) is 0.802. The molecule has 0 aromatic heterocycles. The molecule has 7 nitrogen and oxygen atoms in total. The second-order valence-corrected chi connectivity index (χ2v) is 7.58. The van der Waals surface area contributed by atoms with Gasteiger partial charge in [0.05, 0.1) is 12.1 Å². The molecule has 4 rings (SSSR count). The van der Waals surface area contributed by atoms with Crippen LogP contribution in [0.2, 0.25) is 0 Å². The van der Waals surface area contributed by atoms with E-state index >= 15 is 0 Å². The number of hydrazone groups is 1. The molecule has 0 bridgehead atoms. The fourth-order valence-electron chi connectivity index (χ4n) is 3.97. The molecule has 1 saturated heterocycles. The lowest BCUT2D eigenvalue weighted by Gasteiger charge is -2.50. The number of halogens is 1. The maximum absolute atomic E-state index is 12.8. The van der Waals surface area contributed by atoms with Crippen LogP contribution in [0.3, 0.4) is 0 Å². The number of carbonyl (C=O) groups is 2. The van der Waals surface area contributed by atoms with Gasteiger partial charge in [-0.3, -0.25) is 15.0 Å². The number of nitrogens with zero attached hydrogens (tertiary/aromatic N) is 3. The molecule has 2 N–H and O–H groups in total. The number of piperazine rings is 1. The molecule has 132 valence electrons. The number of hydrogen-bond donors (Lipinski definition) is 2. The van der Waals surface area contributed by atoms with E-state index in [0.29, 0.717) is 0 Å². The van der Waals surface area contributed by atoms with Crippen molar-refractivity contribution in [3.05, 3.63) is 28.7 Å². The highest BCUT2D eigenvalue weighted by molar-refractivity contribution is 9.10. The summed E-state index contributed by atoms with van der Waals surface area (Å²) in [5.41, 5.74) is 3.59. The maximum atomic E-state index is 12.8. The van der Waals surface area contributed by atoms with E-state index in [2.05, 4.69) is 31.8 Å². The first-order valence-electron chi connectivity index (χ1n) is 8.55. The van der Waals surface area contributed by atoms with Crippen molar-refractivity contribution in [1.29, 1.82) is 0 Å². The van der Waals surface area contributed by atoms with Gasteiger partial charge in [0, 0.05) is 10.2 Å². The van der Waals surface area contributed by atoms with Gasteiger partial charge in [-0.2, -0.15) is 5.10 Å². The summed E-state index contributed by atoms with van der Waals surface area (Å²) in [6.45, 7) is 0.0715. The smallest absolute Gasteiger partial charge is 0.268 e. The average molecular weight is 406 g/mol. The van der Waals surface area contributed by atoms with Gasteiger partial charge in [0.2, 0.25) is 5.91 Å². The lowest BCUT2D eigenvalue weighted by atomic mass is 9.85. The standard InChI is InChI=1S/C17H20BrN5O2/c18-11-5-7-12(8-6-11)20-15(24)9-22-13-3-1-2-4-14(13)23-10-19-21-16(23)17(22)25/h5-8,10,13-14,16,21H,1-4,9H2,(H,20,24). The average Bonchev–Trinajstić information content (AvgIpc) is 3.11. The highest BCUT2D eigenvalue weighted by Gasteiger charge is 2.48. The van der Waals surface area contributed by atoms with E-state index in [1.54, 1.807) is 11.2 Å². The molecule has 1 aromatic carbocycles. The Labute approximate surface area is 154 Å². The predicted octanol–water partition coefficient (Wildman–Crippen LogP) is 1.72. The summed E-state index contributed by atoms with van der Waals surface area (Å²) in [4.78, 5) is 29.1. The third kappa shape index (κ3) is 3.10. The Bertz CT molecular complexity index is 707. The van der Waals surface area contributed by atoms with Crippen molar-refractivity contribution in [1.82, 2.24) is 15.2 Å². The van der Waals surface area contributed by atoms with Crippen LogP contribution in [-0.4, -0.2) is 52.7 Å². The lowest BCUT2D eigenvalue weighted by Crippen LogP contribution is -2.68. The Kier molecular flexibility index (Phi) is 4.37. The number of benzene rings is 1. The first kappa shape index (κ1) is 16.4. The summed E-state index contributed by atoms with van der Waals surface area (Å²) in [5, 5.41) is 6.93. The molecule has 2 heterocycles. The number of amides is 2. The SMILES string of the molecule is O=C(CN1C(=O)C2NN=CN2C2CCCCC21)Nc1ccc(Br)cc1. The first-order valence-corrected chi connectivity index (χ1v) is 9.35. The minimum Gasteiger partial charge on any atom is -0.327 e. The van der Waals surface area contributed by atoms with E-state index < -0.39 is 6.17 Å². The van der Waals surface area contributed by atoms with E-state index in [9.17, 15) is 9.59 Å². The van der Waals surface area contributed by atoms with Gasteiger partial charge in [0.15, 0.2) is 6.17 Å². The van der Waals surface area contributed by atoms with Crippen molar-refractivity contribution < 1.29 is 9.59 Å². The van der Waals surface area contributed by atoms with Gasteiger partial charge >= 0.3 is 0 Å². The van der Waals surface area contributed by atoms with Crippen molar-refractivity contribution in [2.24, 2.45) is 5.10 Å². The molecule has 2 aliphatic heterocycles. The van der Waals surface area contributed by atoms with Crippen molar-refractivity contribution in [2.45, 2.75) is 43.9 Å². The molecule has 1 aromatic rings. The Morgan fingerprint density at radius 1 is 1.24 bits per heavy atom. The molecule has 3 aliphatic rings. The number of anilines is 1. The fraction of sp³-hybridized carbons (Fsp3) is 0.471. The van der Waals surface area contributed by atoms with Gasteiger partial charge in [0.25, 0.3) is 5.91 Å². The topological polar surface area (TPSA) is 77.0 Å². The molecule has 2 amide bonds. The van der Waals surface area contributed by atoms with Crippen molar-refractivity contribution in [2.75, 3.05) is 11.9 Å². The molecule has 0 spiro atoms. The van der Waals surface area contributed by atoms with Crippen molar-refractivity contribution in [3.8, 4) is 0 Å². The van der Waals surface area contributed by atoms with Crippen LogP contribution in [0.4, 0.5) is 5.69 Å². The van der Waals surface area contributed by atoms with Crippen molar-refractivity contribution >= 4 is 39.8 Å². The highest BCUT2D eigenvalue weighted by atomic mass is 79.9. The van der Waals surface area contributed by atoms with E-state index in [4.69, 9.17) is 0 Å². The van der Waals surface area contributed by atoms with Crippen LogP contribution in [0.25, 0.3) is 0 Å². The van der Waals surface area contributed by atoms with E-state index in [1.807, 2.05) is 29.2 Å². The van der Waals surface area contributed by atoms with Gasteiger partial charge in [-0.15, -0.1) is 0 Å². The van der Waals surface area contributed by atoms with E-state index in [0.717, 1.165) is 35.8 Å². The molecule has 3 atom stereocenters. The summed E-state index contributed by atoms with van der Waals surface area (Å²) in [5.74, 6) is -0.251. The van der Waals surface area contributed by atoms with Crippen LogP contribution in [-0.2, 0) is 9.59 Å². The Hall–Kier alpha value is -2.09. The number of hydrogen-bond acceptors (Lipinski definition) is 5. The molecule has 8 heteroatoms. The summed E-state index contributed by atoms with van der Waals surface area (Å²) in [6, 6.07) is 7.71. The monoisotopic (exact) mass is 405 g/mol. The Balaban J connectivity index is 1.49. The van der Waals surface area contributed by atoms with Gasteiger partial charge in [-0.05, 0) is 37.1 Å². The molecule has 0 radical (unpaired) electrons. The zero-order valence-electron chi connectivity index (χ0n) is 13.7. The highest BCUT2D eigenvalue weighted by Crippen LogP contribution is 2.33. The number of rotatable bonds is 3. The second kappa shape index (κ2) is 6.67. The minimum atomic E-state index is -0.472. The third-order valence-electron chi connectivity index (χ3n) is 5.12. The summed E-state index contributed by atoms with van der Waals surface area (Å²) >= 11 is 3.37. The Morgan fingerprint density at radius 3 is 2.72 bits per heavy atom. The zero-order chi connectivity index (χ0) is 17.4. The number of nitrogens with one attached hydrogen (secondary N) is 2. The van der Waals surface area contributed by atoms with Gasteiger partial charge in [-0.1, -0.05) is 28.8 Å². The Morgan fingerprint density at radius 2 is 1.96 bits per heavy atom. The number of carbonyl (C=O) groups excluding carboxylic acids is 2. The summed E-state index contributed by atoms with van der Waals surface area (Å²) in [6.07, 6.45) is 5.43. The molecule has 3 unspecified atom stereocenters. The molecule has 25 heavy (non-hydrogen) atoms. The summed E-state index contributed by atoms with van der Waals surface area (Å²) < 4.78 is 0.953. The normalized spacial score (nSPS) is 27.6. The molecular weight excluding hydrogens is 386 g/mol. The molecule has 1 saturated carbocycles. The van der Waals surface area contributed by atoms with Crippen molar-refractivity contribution in [3.63, 3.8) is 0 Å². The van der Waals surface area contributed by atoms with Gasteiger partial charge in [0.1, 0.15) is 12.9 Å². The molecule has 1 aliphatic carbocycles. The van der Waals surface area contributed by atoms with Crippen LogP contribution in [0.15, 0.2) is 33.8 Å². The minimum absolute atomic E-state index is 0.0690. The largest absolute Gasteiger partial charge is 0.327 e. The van der Waals surface area contributed by atoms with E-state index in [1.165, 1.54) is 0 Å². The van der Waals surface area contributed by atoms with Crippen LogP contribution < -0.4 is 10.7 Å². The van der Waals surface area contributed by atoms with Gasteiger partial charge in [-0.25, -0.2) is 0 Å². The first-order chi connectivity index (χ1) is 12.1. The van der Waals surface area contributed by atoms with Crippen LogP contribution in [0.5, 0.6) is 0 Å². The fourth-order valence-corrected chi connectivity index (χ4v) is 4.24. The van der Waals surface area contributed by atoms with Crippen LogP contribution in [0.1, 0.15) is 25.7 Å². The maximum Gasteiger partial charge on any atom is 0.268 e. The van der Waals surface area contributed by atoms with E-state index in [-0.39, 0.29) is 30.4 Å². The summed E-state index contributed by atoms with van der Waals surface area (Å²) in [7, 11) is 0. The molecular formula is C17H20BrN5O2. The van der Waals surface area contributed by atoms with Crippen LogP contribution in [0, 0.1) is 0 Å².